The van der Waals surface area contributed by atoms with Gasteiger partial charge in [-0.25, -0.2) is 9.59 Å². The molecule has 55 heavy (non-hydrogen) atoms. The van der Waals surface area contributed by atoms with Gasteiger partial charge in [-0.2, -0.15) is 87.8 Å². The average Bonchev–Trinajstić information content (AvgIpc) is 2.95. The van der Waals surface area contributed by atoms with Gasteiger partial charge in [0.1, 0.15) is 6.79 Å². The molecule has 2 saturated heterocycles. The van der Waals surface area contributed by atoms with E-state index in [1.165, 1.54) is 0 Å². The number of carbonyl (C=O) groups excluding carboxylic acids is 2. The highest BCUT2D eigenvalue weighted by atomic mass is 19.4. The Bertz CT molecular complexity index is 1450. The maximum atomic E-state index is 14.7. The normalized spacial score (nSPS) is 33.1. The second kappa shape index (κ2) is 14.3. The summed E-state index contributed by atoms with van der Waals surface area (Å²) in [5.41, 5.74) is -12.2. The average molecular weight is 860 g/mol. The van der Waals surface area contributed by atoms with E-state index >= 15 is 0 Å². The highest BCUT2D eigenvalue weighted by molar-refractivity contribution is 5.87. The minimum Gasteiger partial charge on any atom is -0.446 e. The molecule has 1 N–H and O–H groups in total. The Hall–Kier alpha value is -3.18. The molecule has 0 radical (unpaired) electrons. The van der Waals surface area contributed by atoms with Gasteiger partial charge in [-0.3, -0.25) is 0 Å². The van der Waals surface area contributed by atoms with Gasteiger partial charge in [-0.15, -0.1) is 0 Å². The Labute approximate surface area is 293 Å². The molecule has 2 fully saturated rings. The van der Waals surface area contributed by atoms with E-state index in [2.05, 4.69) is 41.6 Å². The summed E-state index contributed by atoms with van der Waals surface area (Å²) in [4.78, 5) is 22.7. The predicted molar refractivity (Wildman–Crippen MR) is 133 cm³/mol. The smallest absolute Gasteiger partial charge is 0.446 e. The molecule has 0 bridgehead atoms. The molecule has 6 atom stereocenters. The van der Waals surface area contributed by atoms with Gasteiger partial charge in [0.25, 0.3) is 0 Å². The van der Waals surface area contributed by atoms with Crippen LogP contribution in [0.3, 0.4) is 0 Å². The van der Waals surface area contributed by atoms with Gasteiger partial charge in [0.15, 0.2) is 0 Å². The summed E-state index contributed by atoms with van der Waals surface area (Å²) in [5, 5.41) is 9.14. The van der Waals surface area contributed by atoms with Crippen molar-refractivity contribution in [3.63, 3.8) is 0 Å². The van der Waals surface area contributed by atoms with E-state index in [9.17, 15) is 97.4 Å². The largest absolute Gasteiger partial charge is 0.450 e. The van der Waals surface area contributed by atoms with Crippen molar-refractivity contribution >= 4 is 11.9 Å². The molecule has 322 valence electrons. The molecule has 0 aromatic rings. The Morgan fingerprint density at radius 2 is 0.927 bits per heavy atom. The number of methoxy groups -OCH3 is 1. The molecule has 0 saturated carbocycles. The van der Waals surface area contributed by atoms with Crippen LogP contribution in [-0.2, 0) is 38.0 Å². The van der Waals surface area contributed by atoms with Crippen molar-refractivity contribution in [2.24, 2.45) is 0 Å². The molecular weight excluding hydrogens is 836 g/mol. The molecule has 9 nitrogen and oxygen atoms in total. The first-order valence-corrected chi connectivity index (χ1v) is 13.7. The van der Waals surface area contributed by atoms with Crippen molar-refractivity contribution in [2.45, 2.75) is 111 Å². The van der Waals surface area contributed by atoms with Crippen molar-refractivity contribution < 1.29 is 131 Å². The number of rotatable bonds is 7. The molecule has 0 aliphatic carbocycles. The van der Waals surface area contributed by atoms with Gasteiger partial charge < -0.3 is 33.5 Å². The molecule has 6 unspecified atom stereocenters. The fraction of sp³-hybridized carbons (Fsp3) is 0.769. The van der Waals surface area contributed by atoms with Crippen LogP contribution in [0.25, 0.3) is 0 Å². The SMILES string of the molecule is C=C(C)C(=O)OC1C(F)(F)C(C)(C(F)(F)F)OC(O)(C(F)(F)F)C1(F)F.C=C(C)C(=O)OC1C(F)(F)C(C)(C(F)(F)F)OC(OCOC)(C(F)(F)F)C1(F)F. The van der Waals surface area contributed by atoms with Crippen LogP contribution in [0.5, 0.6) is 0 Å². The lowest BCUT2D eigenvalue weighted by Gasteiger charge is -2.55. The van der Waals surface area contributed by atoms with Crippen molar-refractivity contribution in [2.75, 3.05) is 13.9 Å². The molecular formula is C26H24F20O9. The lowest BCUT2D eigenvalue weighted by molar-refractivity contribution is -0.547. The lowest BCUT2D eigenvalue weighted by Crippen LogP contribution is -2.82. The third-order valence-corrected chi connectivity index (χ3v) is 7.55. The Kier molecular flexibility index (Phi) is 13.0. The molecule has 2 heterocycles. The predicted octanol–water partition coefficient (Wildman–Crippen LogP) is 7.32. The maximum absolute atomic E-state index is 14.7. The number of hydrogen-bond donors (Lipinski definition) is 1. The topological polar surface area (TPSA) is 110 Å². The highest BCUT2D eigenvalue weighted by Gasteiger charge is 2.92. The van der Waals surface area contributed by atoms with E-state index in [1.54, 1.807) is 0 Å². The lowest BCUT2D eigenvalue weighted by atomic mass is 9.81. The zero-order valence-electron chi connectivity index (χ0n) is 27.5. The van der Waals surface area contributed by atoms with Crippen LogP contribution < -0.4 is 0 Å². The minimum absolute atomic E-state index is 0.611. The first-order valence-electron chi connectivity index (χ1n) is 13.7. The number of halogens is 20. The number of hydrogen-bond acceptors (Lipinski definition) is 9. The van der Waals surface area contributed by atoms with Crippen molar-refractivity contribution in [1.82, 2.24) is 0 Å². The van der Waals surface area contributed by atoms with E-state index in [1.807, 2.05) is 0 Å². The summed E-state index contributed by atoms with van der Waals surface area (Å²) in [6, 6.07) is 0. The Morgan fingerprint density at radius 3 is 1.20 bits per heavy atom. The number of carbonyl (C=O) groups is 2. The maximum Gasteiger partial charge on any atom is 0.450 e. The van der Waals surface area contributed by atoms with Gasteiger partial charge in [-0.05, 0) is 27.7 Å². The van der Waals surface area contributed by atoms with Crippen LogP contribution in [0.2, 0.25) is 0 Å². The molecule has 2 rings (SSSR count). The molecule has 2 aliphatic heterocycles. The number of aliphatic hydroxyl groups is 1. The number of alkyl halides is 20. The van der Waals surface area contributed by atoms with Crippen LogP contribution >= 0.6 is 0 Å². The van der Waals surface area contributed by atoms with E-state index in [4.69, 9.17) is 5.11 Å². The quantitative estimate of drug-likeness (QED) is 0.122. The first-order chi connectivity index (χ1) is 23.9. The van der Waals surface area contributed by atoms with Crippen LogP contribution in [0, 0.1) is 0 Å². The molecule has 0 spiro atoms. The Balaban J connectivity index is 0.000000553. The molecule has 0 aromatic heterocycles. The monoisotopic (exact) mass is 860 g/mol. The number of esters is 2. The van der Waals surface area contributed by atoms with Gasteiger partial charge in [0.05, 0.1) is 0 Å². The second-order valence-electron chi connectivity index (χ2n) is 11.7. The van der Waals surface area contributed by atoms with Crippen molar-refractivity contribution in [3.8, 4) is 0 Å². The van der Waals surface area contributed by atoms with E-state index in [-0.39, 0.29) is 0 Å². The zero-order chi connectivity index (χ0) is 44.4. The fourth-order valence-electron chi connectivity index (χ4n) is 4.21. The summed E-state index contributed by atoms with van der Waals surface area (Å²) in [7, 11) is 0.612. The third kappa shape index (κ3) is 7.65. The molecule has 0 aromatic carbocycles. The van der Waals surface area contributed by atoms with E-state index < -0.39 is 127 Å². The van der Waals surface area contributed by atoms with Crippen molar-refractivity contribution in [1.29, 1.82) is 0 Å². The molecule has 0 amide bonds. The van der Waals surface area contributed by atoms with Crippen molar-refractivity contribution in [3.05, 3.63) is 24.3 Å². The van der Waals surface area contributed by atoms with Crippen LogP contribution in [0.15, 0.2) is 24.3 Å². The third-order valence-electron chi connectivity index (χ3n) is 7.55. The van der Waals surface area contributed by atoms with Crippen LogP contribution in [-0.4, -0.2) is 114 Å². The van der Waals surface area contributed by atoms with Gasteiger partial charge >= 0.3 is 71.9 Å². The standard InChI is InChI=1S/C14H14F10O5.C12H10F10O4/c1-6(2)7(25)28-8-10(15,16)9(3,13(19,20)21)29-12(11(8,17)18,14(22,23)24)27-5-26-4;1-4(2)5(23)25-6-8(13,14)7(3,11(17,18)19)26-10(24,9(6,15)16)12(20,21)22/h8H,1,5H2,2-4H3;6,24H,1H2,2-3H3. The first kappa shape index (κ1) is 49.8. The number of ether oxygens (including phenoxy) is 6. The van der Waals surface area contributed by atoms with E-state index in [0.29, 0.717) is 14.0 Å². The minimum atomic E-state index is -6.67. The van der Waals surface area contributed by atoms with Crippen LogP contribution in [0.4, 0.5) is 87.8 Å². The summed E-state index contributed by atoms with van der Waals surface area (Å²) in [5.74, 6) is -40.0. The van der Waals surface area contributed by atoms with Gasteiger partial charge in [-0.1, -0.05) is 13.2 Å². The summed E-state index contributed by atoms with van der Waals surface area (Å²) in [6.45, 7) is 4.02. The molecule has 29 heteroatoms. The van der Waals surface area contributed by atoms with Gasteiger partial charge in [0.2, 0.25) is 23.4 Å². The zero-order valence-corrected chi connectivity index (χ0v) is 27.5. The molecule has 2 aliphatic rings. The summed E-state index contributed by atoms with van der Waals surface area (Å²) in [6.07, 6.45) is -35.2. The summed E-state index contributed by atoms with van der Waals surface area (Å²) < 4.78 is 294. The summed E-state index contributed by atoms with van der Waals surface area (Å²) >= 11 is 0. The fourth-order valence-corrected chi connectivity index (χ4v) is 4.21. The Morgan fingerprint density at radius 1 is 0.600 bits per heavy atom. The van der Waals surface area contributed by atoms with E-state index in [0.717, 1.165) is 6.92 Å². The van der Waals surface area contributed by atoms with Gasteiger partial charge in [0, 0.05) is 18.3 Å². The highest BCUT2D eigenvalue weighted by Crippen LogP contribution is 2.64. The second-order valence-corrected chi connectivity index (χ2v) is 11.7. The van der Waals surface area contributed by atoms with Crippen LogP contribution in [0.1, 0.15) is 27.7 Å².